The van der Waals surface area contributed by atoms with Crippen molar-refractivity contribution >= 4 is 17.9 Å². The highest BCUT2D eigenvalue weighted by atomic mass is 16.6. The van der Waals surface area contributed by atoms with Gasteiger partial charge in [-0.15, -0.1) is 0 Å². The average Bonchev–Trinajstić information content (AvgIpc) is 3.09. The Labute approximate surface area is 319 Å². The van der Waals surface area contributed by atoms with Crippen LogP contribution < -0.4 is 0 Å². The van der Waals surface area contributed by atoms with Gasteiger partial charge in [-0.05, 0) is 64.2 Å². The van der Waals surface area contributed by atoms with Crippen molar-refractivity contribution in [2.45, 2.75) is 187 Å². The summed E-state index contributed by atoms with van der Waals surface area (Å²) in [5, 5.41) is 9.59. The third-order valence-corrected chi connectivity index (χ3v) is 9.27. The number of ether oxygens (including phenoxy) is 3. The van der Waals surface area contributed by atoms with E-state index in [4.69, 9.17) is 14.2 Å². The van der Waals surface area contributed by atoms with E-state index in [0.717, 1.165) is 51.4 Å². The first-order valence-electron chi connectivity index (χ1n) is 21.0. The molecule has 2 unspecified atom stereocenters. The summed E-state index contributed by atoms with van der Waals surface area (Å²) in [4.78, 5) is 36.8. The minimum absolute atomic E-state index is 0.0498. The molecule has 0 aromatic rings. The van der Waals surface area contributed by atoms with Crippen LogP contribution in [0.3, 0.4) is 0 Å². The molecule has 8 heteroatoms. The van der Waals surface area contributed by atoms with E-state index in [9.17, 15) is 19.5 Å². The van der Waals surface area contributed by atoms with Crippen molar-refractivity contribution in [2.24, 2.45) is 0 Å². The molecule has 0 fully saturated rings. The van der Waals surface area contributed by atoms with E-state index in [-0.39, 0.29) is 36.2 Å². The van der Waals surface area contributed by atoms with Gasteiger partial charge in [0.1, 0.15) is 6.61 Å². The molecule has 0 aliphatic rings. The number of carboxylic acids is 1. The van der Waals surface area contributed by atoms with Gasteiger partial charge in [-0.2, -0.15) is 0 Å². The van der Waals surface area contributed by atoms with Gasteiger partial charge in [-0.25, -0.2) is 4.79 Å². The molecular weight excluding hydrogens is 654 g/mol. The number of esters is 2. The number of quaternary nitrogens is 1. The fourth-order valence-electron chi connectivity index (χ4n) is 6.01. The molecule has 1 N–H and O–H groups in total. The Hall–Kier alpha value is -2.45. The van der Waals surface area contributed by atoms with E-state index in [1.807, 2.05) is 21.1 Å². The Morgan fingerprint density at radius 3 is 1.63 bits per heavy atom. The predicted octanol–water partition coefficient (Wildman–Crippen LogP) is 11.1. The van der Waals surface area contributed by atoms with E-state index in [2.05, 4.69) is 50.3 Å². The quantitative estimate of drug-likeness (QED) is 0.0293. The first-order valence-corrected chi connectivity index (χ1v) is 21.0. The van der Waals surface area contributed by atoms with Gasteiger partial charge in [-0.3, -0.25) is 9.59 Å². The predicted molar refractivity (Wildman–Crippen MR) is 215 cm³/mol. The van der Waals surface area contributed by atoms with Gasteiger partial charge >= 0.3 is 17.9 Å². The Morgan fingerprint density at radius 1 is 0.596 bits per heavy atom. The van der Waals surface area contributed by atoms with Crippen LogP contribution in [0.5, 0.6) is 0 Å². The Morgan fingerprint density at radius 2 is 1.08 bits per heavy atom. The summed E-state index contributed by atoms with van der Waals surface area (Å²) in [6.45, 7) is 4.57. The van der Waals surface area contributed by atoms with Crippen LogP contribution in [0.25, 0.3) is 0 Å². The van der Waals surface area contributed by atoms with Crippen LogP contribution in [0.2, 0.25) is 0 Å². The highest BCUT2D eigenvalue weighted by Crippen LogP contribution is 2.14. The second-order valence-electron chi connectivity index (χ2n) is 15.2. The van der Waals surface area contributed by atoms with Crippen molar-refractivity contribution in [3.63, 3.8) is 0 Å². The number of unbranched alkanes of at least 4 members (excludes halogenated alkanes) is 17. The number of likely N-dealkylation sites (N-methyl/N-ethyl adjacent to an activating group) is 1. The summed E-state index contributed by atoms with van der Waals surface area (Å²) in [6, 6.07) is -0.618. The van der Waals surface area contributed by atoms with E-state index in [1.165, 1.54) is 89.9 Å². The maximum Gasteiger partial charge on any atom is 0.362 e. The number of nitrogens with zero attached hydrogens (tertiary/aromatic N) is 1. The van der Waals surface area contributed by atoms with Crippen molar-refractivity contribution in [2.75, 3.05) is 41.0 Å². The number of hydrogen-bond donors (Lipinski definition) is 1. The van der Waals surface area contributed by atoms with Crippen LogP contribution in [0.1, 0.15) is 174 Å². The maximum absolute atomic E-state index is 12.7. The molecule has 52 heavy (non-hydrogen) atoms. The Balaban J connectivity index is 4.31. The lowest BCUT2D eigenvalue weighted by Crippen LogP contribution is -2.50. The van der Waals surface area contributed by atoms with E-state index in [0.29, 0.717) is 19.3 Å². The number of carbonyl (C=O) groups is 3. The lowest BCUT2D eigenvalue weighted by Gasteiger charge is -2.31. The Kier molecular flexibility index (Phi) is 33.9. The van der Waals surface area contributed by atoms with Gasteiger partial charge < -0.3 is 23.8 Å². The second-order valence-corrected chi connectivity index (χ2v) is 15.2. The summed E-state index contributed by atoms with van der Waals surface area (Å²) in [7, 11) is 5.51. The highest BCUT2D eigenvalue weighted by Gasteiger charge is 2.31. The zero-order chi connectivity index (χ0) is 38.5. The van der Waals surface area contributed by atoms with E-state index < -0.39 is 18.1 Å². The number of hydrogen-bond acceptors (Lipinski definition) is 6. The highest BCUT2D eigenvalue weighted by molar-refractivity contribution is 5.72. The van der Waals surface area contributed by atoms with Crippen LogP contribution >= 0.6 is 0 Å². The van der Waals surface area contributed by atoms with Crippen LogP contribution in [0.4, 0.5) is 0 Å². The molecule has 0 bridgehead atoms. The standard InChI is InChI=1S/C44H79NO7/c1-6-8-10-12-14-16-17-18-19-20-21-22-23-24-25-27-29-31-33-35-43(47)52-40(38-50-37-36-41(44(48)49)45(3,4)5)39-51-42(46)34-32-30-28-26-15-13-11-9-7-2/h9,11,15,20-21,26,40-41H,6-8,10,12-14,16-19,22-25,27-39H2,1-5H3/p+1/b11-9+,21-20+,26-15+. The fraction of sp³-hybridized carbons (Fsp3) is 0.795. The topological polar surface area (TPSA) is 99.1 Å². The molecule has 0 aromatic heterocycles. The number of carboxylic acid groups (broad SMARTS) is 1. The second kappa shape index (κ2) is 35.6. The van der Waals surface area contributed by atoms with E-state index in [1.54, 1.807) is 0 Å². The third-order valence-electron chi connectivity index (χ3n) is 9.27. The monoisotopic (exact) mass is 735 g/mol. The summed E-state index contributed by atoms with van der Waals surface area (Å²) in [5.74, 6) is -1.52. The molecule has 2 atom stereocenters. The van der Waals surface area contributed by atoms with Crippen LogP contribution in [0.15, 0.2) is 36.5 Å². The van der Waals surface area contributed by atoms with Crippen molar-refractivity contribution < 1.29 is 38.2 Å². The van der Waals surface area contributed by atoms with Gasteiger partial charge in [0.25, 0.3) is 0 Å². The SMILES string of the molecule is CC/C=C/C/C=C/CCCCC(=O)OCC(COCCC(C(=O)O)[N+](C)(C)C)OC(=O)CCCCCCCCC/C=C/CCCCCCCCCC. The molecule has 0 saturated heterocycles. The smallest absolute Gasteiger partial charge is 0.362 e. The number of rotatable bonds is 37. The third kappa shape index (κ3) is 33.4. The molecule has 0 spiro atoms. The van der Waals surface area contributed by atoms with Crippen LogP contribution in [-0.2, 0) is 28.6 Å². The van der Waals surface area contributed by atoms with Crippen LogP contribution in [-0.4, -0.2) is 80.6 Å². The minimum atomic E-state index is -0.881. The van der Waals surface area contributed by atoms with Gasteiger partial charge in [0, 0.05) is 19.3 Å². The lowest BCUT2D eigenvalue weighted by atomic mass is 10.1. The average molecular weight is 735 g/mol. The molecule has 0 aliphatic heterocycles. The summed E-state index contributed by atoms with van der Waals surface area (Å²) in [6.07, 6.45) is 39.2. The summed E-state index contributed by atoms with van der Waals surface area (Å²) < 4.78 is 17.2. The molecule has 302 valence electrons. The van der Waals surface area contributed by atoms with Crippen molar-refractivity contribution in [1.82, 2.24) is 0 Å². The molecule has 8 nitrogen and oxygen atoms in total. The summed E-state index contributed by atoms with van der Waals surface area (Å²) in [5.41, 5.74) is 0. The normalized spacial score (nSPS) is 13.3. The minimum Gasteiger partial charge on any atom is -0.477 e. The van der Waals surface area contributed by atoms with Gasteiger partial charge in [0.05, 0.1) is 34.4 Å². The van der Waals surface area contributed by atoms with Gasteiger partial charge in [0.15, 0.2) is 12.1 Å². The number of aliphatic carboxylic acids is 1. The lowest BCUT2D eigenvalue weighted by molar-refractivity contribution is -0.887. The molecule has 0 saturated carbocycles. The molecule has 0 rings (SSSR count). The molecule has 0 heterocycles. The molecule has 0 aliphatic carbocycles. The Bertz CT molecular complexity index is 953. The largest absolute Gasteiger partial charge is 0.477 e. The van der Waals surface area contributed by atoms with Crippen molar-refractivity contribution in [1.29, 1.82) is 0 Å². The maximum atomic E-state index is 12.7. The first-order chi connectivity index (χ1) is 25.1. The molecule has 0 radical (unpaired) electrons. The zero-order valence-corrected chi connectivity index (χ0v) is 34.3. The molecule has 0 aromatic carbocycles. The first kappa shape index (κ1) is 49.6. The zero-order valence-electron chi connectivity index (χ0n) is 34.3. The van der Waals surface area contributed by atoms with Gasteiger partial charge in [0.2, 0.25) is 0 Å². The van der Waals surface area contributed by atoms with Gasteiger partial charge in [-0.1, -0.05) is 127 Å². The van der Waals surface area contributed by atoms with Crippen molar-refractivity contribution in [3.05, 3.63) is 36.5 Å². The summed E-state index contributed by atoms with van der Waals surface area (Å²) >= 11 is 0. The van der Waals surface area contributed by atoms with Crippen LogP contribution in [0, 0.1) is 0 Å². The number of carbonyl (C=O) groups excluding carboxylic acids is 2. The molecule has 0 amide bonds. The van der Waals surface area contributed by atoms with E-state index >= 15 is 0 Å². The molecular formula is C44H80NO7+. The van der Waals surface area contributed by atoms with Crippen molar-refractivity contribution in [3.8, 4) is 0 Å². The fourth-order valence-corrected chi connectivity index (χ4v) is 6.01. The number of allylic oxidation sites excluding steroid dienone is 6.